The van der Waals surface area contributed by atoms with Gasteiger partial charge in [0.25, 0.3) is 5.91 Å². The van der Waals surface area contributed by atoms with Crippen molar-refractivity contribution in [2.75, 3.05) is 7.11 Å². The molecule has 0 aliphatic carbocycles. The van der Waals surface area contributed by atoms with E-state index in [-0.39, 0.29) is 5.91 Å². The summed E-state index contributed by atoms with van der Waals surface area (Å²) in [5.74, 6) is -0.124. The molecule has 0 atom stereocenters. The van der Waals surface area contributed by atoms with Crippen LogP contribution in [0.2, 0.25) is 0 Å². The maximum atomic E-state index is 12.3. The van der Waals surface area contributed by atoms with Crippen molar-refractivity contribution in [1.29, 1.82) is 0 Å². The lowest BCUT2D eigenvalue weighted by Crippen LogP contribution is -2.43. The SMILES string of the molecule is COC(C)(C)C(=O)NCc1cc(C)cc2c(C)c(-c3ccccc3)[nH]c12. The number of aromatic amines is 1. The summed E-state index contributed by atoms with van der Waals surface area (Å²) in [6.07, 6.45) is 0. The van der Waals surface area contributed by atoms with Gasteiger partial charge in [-0.1, -0.05) is 42.0 Å². The maximum Gasteiger partial charge on any atom is 0.251 e. The third-order valence-electron chi connectivity index (χ3n) is 4.95. The molecule has 136 valence electrons. The molecule has 0 fully saturated rings. The Morgan fingerprint density at radius 1 is 1.15 bits per heavy atom. The fourth-order valence-electron chi connectivity index (χ4n) is 3.17. The molecular formula is C22H26N2O2. The van der Waals surface area contributed by atoms with E-state index >= 15 is 0 Å². The first-order valence-electron chi connectivity index (χ1n) is 8.84. The van der Waals surface area contributed by atoms with Crippen LogP contribution < -0.4 is 5.32 Å². The fourth-order valence-corrected chi connectivity index (χ4v) is 3.17. The van der Waals surface area contributed by atoms with Gasteiger partial charge < -0.3 is 15.0 Å². The Hall–Kier alpha value is -2.59. The van der Waals surface area contributed by atoms with Crippen LogP contribution in [0, 0.1) is 13.8 Å². The number of hydrogen-bond donors (Lipinski definition) is 2. The van der Waals surface area contributed by atoms with E-state index in [9.17, 15) is 4.79 Å². The van der Waals surface area contributed by atoms with Crippen LogP contribution in [0.5, 0.6) is 0 Å². The third-order valence-corrected chi connectivity index (χ3v) is 4.95. The van der Waals surface area contributed by atoms with Crippen LogP contribution >= 0.6 is 0 Å². The Balaban J connectivity index is 2.00. The fraction of sp³-hybridized carbons (Fsp3) is 0.318. The van der Waals surface area contributed by atoms with Crippen molar-refractivity contribution in [3.8, 4) is 11.3 Å². The Bertz CT molecular complexity index is 940. The van der Waals surface area contributed by atoms with E-state index in [2.05, 4.69) is 48.4 Å². The molecule has 1 heterocycles. The third kappa shape index (κ3) is 3.37. The molecule has 0 radical (unpaired) electrons. The summed E-state index contributed by atoms with van der Waals surface area (Å²) in [6.45, 7) is 8.20. The Morgan fingerprint density at radius 3 is 2.50 bits per heavy atom. The lowest BCUT2D eigenvalue weighted by atomic mass is 10.0. The van der Waals surface area contributed by atoms with E-state index in [0.29, 0.717) is 6.54 Å². The van der Waals surface area contributed by atoms with Crippen molar-refractivity contribution in [2.24, 2.45) is 0 Å². The molecule has 1 aromatic heterocycles. The van der Waals surface area contributed by atoms with E-state index in [1.807, 2.05) is 18.2 Å². The number of fused-ring (bicyclic) bond motifs is 1. The van der Waals surface area contributed by atoms with Gasteiger partial charge in [-0.3, -0.25) is 4.79 Å². The Morgan fingerprint density at radius 2 is 1.85 bits per heavy atom. The highest BCUT2D eigenvalue weighted by Crippen LogP contribution is 2.32. The van der Waals surface area contributed by atoms with Gasteiger partial charge in [0.1, 0.15) is 5.60 Å². The summed E-state index contributed by atoms with van der Waals surface area (Å²) < 4.78 is 5.26. The van der Waals surface area contributed by atoms with Crippen LogP contribution in [0.15, 0.2) is 42.5 Å². The first kappa shape index (κ1) is 18.2. The monoisotopic (exact) mass is 350 g/mol. The lowest BCUT2D eigenvalue weighted by molar-refractivity contribution is -0.139. The molecule has 0 saturated heterocycles. The minimum Gasteiger partial charge on any atom is -0.369 e. The number of carbonyl (C=O) groups is 1. The number of methoxy groups -OCH3 is 1. The lowest BCUT2D eigenvalue weighted by Gasteiger charge is -2.21. The molecule has 0 bridgehead atoms. The highest BCUT2D eigenvalue weighted by Gasteiger charge is 2.26. The van der Waals surface area contributed by atoms with Crippen molar-refractivity contribution in [3.63, 3.8) is 0 Å². The van der Waals surface area contributed by atoms with Crippen molar-refractivity contribution in [2.45, 2.75) is 39.8 Å². The van der Waals surface area contributed by atoms with Crippen molar-refractivity contribution in [3.05, 3.63) is 59.2 Å². The number of H-pyrrole nitrogens is 1. The van der Waals surface area contributed by atoms with Crippen LogP contribution in [0.1, 0.15) is 30.5 Å². The van der Waals surface area contributed by atoms with Crippen LogP contribution in [0.4, 0.5) is 0 Å². The van der Waals surface area contributed by atoms with Crippen LogP contribution in [-0.4, -0.2) is 23.6 Å². The predicted molar refractivity (Wildman–Crippen MR) is 106 cm³/mol. The number of ether oxygens (including phenoxy) is 1. The zero-order chi connectivity index (χ0) is 18.9. The number of carbonyl (C=O) groups excluding carboxylic acids is 1. The van der Waals surface area contributed by atoms with Crippen molar-refractivity contribution in [1.82, 2.24) is 10.3 Å². The number of hydrogen-bond acceptors (Lipinski definition) is 2. The first-order chi connectivity index (χ1) is 12.3. The molecule has 2 aromatic carbocycles. The van der Waals surface area contributed by atoms with E-state index in [1.54, 1.807) is 21.0 Å². The average molecular weight is 350 g/mol. The van der Waals surface area contributed by atoms with Gasteiger partial charge in [-0.15, -0.1) is 0 Å². The minimum atomic E-state index is -0.843. The molecule has 3 aromatic rings. The molecule has 3 rings (SSSR count). The van der Waals surface area contributed by atoms with Crippen LogP contribution in [0.25, 0.3) is 22.2 Å². The summed E-state index contributed by atoms with van der Waals surface area (Å²) in [7, 11) is 1.55. The second-order valence-corrected chi connectivity index (χ2v) is 7.23. The van der Waals surface area contributed by atoms with Gasteiger partial charge in [-0.25, -0.2) is 0 Å². The molecule has 1 amide bonds. The Labute approximate surface area is 154 Å². The second kappa shape index (κ2) is 6.96. The highest BCUT2D eigenvalue weighted by atomic mass is 16.5. The zero-order valence-electron chi connectivity index (χ0n) is 16.1. The van der Waals surface area contributed by atoms with E-state index in [4.69, 9.17) is 4.74 Å². The van der Waals surface area contributed by atoms with Gasteiger partial charge in [-0.2, -0.15) is 0 Å². The van der Waals surface area contributed by atoms with E-state index in [1.165, 1.54) is 16.5 Å². The largest absolute Gasteiger partial charge is 0.369 e. The summed E-state index contributed by atoms with van der Waals surface area (Å²) in [6, 6.07) is 14.6. The molecule has 26 heavy (non-hydrogen) atoms. The Kier molecular flexibility index (Phi) is 4.88. The van der Waals surface area contributed by atoms with Gasteiger partial charge >= 0.3 is 0 Å². The number of nitrogens with one attached hydrogen (secondary N) is 2. The van der Waals surface area contributed by atoms with Crippen LogP contribution in [-0.2, 0) is 16.1 Å². The molecule has 0 aliphatic rings. The number of rotatable bonds is 5. The van der Waals surface area contributed by atoms with Crippen LogP contribution in [0.3, 0.4) is 0 Å². The quantitative estimate of drug-likeness (QED) is 0.712. The van der Waals surface area contributed by atoms with Gasteiger partial charge in [0.15, 0.2) is 0 Å². The van der Waals surface area contributed by atoms with E-state index < -0.39 is 5.60 Å². The molecule has 0 aliphatic heterocycles. The van der Waals surface area contributed by atoms with Gasteiger partial charge in [0.05, 0.1) is 5.52 Å². The molecule has 0 spiro atoms. The summed E-state index contributed by atoms with van der Waals surface area (Å²) in [4.78, 5) is 15.9. The molecule has 0 saturated carbocycles. The van der Waals surface area contributed by atoms with Crippen molar-refractivity contribution < 1.29 is 9.53 Å². The number of amides is 1. The zero-order valence-corrected chi connectivity index (χ0v) is 16.1. The predicted octanol–water partition coefficient (Wildman–Crippen LogP) is 4.49. The molecule has 4 heteroatoms. The second-order valence-electron chi connectivity index (χ2n) is 7.23. The maximum absolute atomic E-state index is 12.3. The highest BCUT2D eigenvalue weighted by molar-refractivity contribution is 5.93. The minimum absolute atomic E-state index is 0.124. The van der Waals surface area contributed by atoms with E-state index in [0.717, 1.165) is 22.3 Å². The summed E-state index contributed by atoms with van der Waals surface area (Å²) >= 11 is 0. The molecule has 4 nitrogen and oxygen atoms in total. The topological polar surface area (TPSA) is 54.1 Å². The average Bonchev–Trinajstić information content (AvgIpc) is 2.97. The summed E-state index contributed by atoms with van der Waals surface area (Å²) in [5.41, 5.74) is 5.98. The first-order valence-corrected chi connectivity index (χ1v) is 8.84. The summed E-state index contributed by atoms with van der Waals surface area (Å²) in [5, 5.41) is 4.19. The molecular weight excluding hydrogens is 324 g/mol. The smallest absolute Gasteiger partial charge is 0.251 e. The van der Waals surface area contributed by atoms with Gasteiger partial charge in [0, 0.05) is 24.7 Å². The molecule has 0 unspecified atom stereocenters. The standard InChI is InChI=1S/C22H26N2O2/c1-14-11-17(13-23-21(25)22(3,4)26-5)20-18(12-14)15(2)19(24-20)16-9-7-6-8-10-16/h6-12,24H,13H2,1-5H3,(H,23,25). The van der Waals surface area contributed by atoms with Gasteiger partial charge in [0.2, 0.25) is 0 Å². The normalized spacial score (nSPS) is 11.7. The van der Waals surface area contributed by atoms with Crippen molar-refractivity contribution >= 4 is 16.8 Å². The molecule has 2 N–H and O–H groups in total. The number of benzene rings is 2. The number of aryl methyl sites for hydroxylation is 2. The number of aromatic nitrogens is 1. The van der Waals surface area contributed by atoms with Gasteiger partial charge in [-0.05, 0) is 50.5 Å².